The maximum absolute atomic E-state index is 12.7. The average Bonchev–Trinajstić information content (AvgIpc) is 2.67. The molecule has 134 valence electrons. The first kappa shape index (κ1) is 19.7. The fraction of sp³-hybridized carbons (Fsp3) is 0.435. The number of alkyl halides is 1. The smallest absolute Gasteiger partial charge is 0.193 e. The van der Waals surface area contributed by atoms with Gasteiger partial charge in [-0.3, -0.25) is 4.79 Å². The van der Waals surface area contributed by atoms with Crippen LogP contribution in [0.2, 0.25) is 0 Å². The van der Waals surface area contributed by atoms with Gasteiger partial charge < -0.3 is 0 Å². The Bertz CT molecular complexity index is 621. The molecular formula is C23H29ClO. The van der Waals surface area contributed by atoms with Crippen LogP contribution >= 0.6 is 11.6 Å². The summed E-state index contributed by atoms with van der Waals surface area (Å²) in [5, 5.41) is 0. The highest BCUT2D eigenvalue weighted by Crippen LogP contribution is 2.18. The summed E-state index contributed by atoms with van der Waals surface area (Å²) in [5.74, 6) is 0.927. The molecule has 0 saturated heterocycles. The zero-order valence-electron chi connectivity index (χ0n) is 15.1. The minimum atomic E-state index is 0.135. The lowest BCUT2D eigenvalue weighted by Gasteiger charge is -2.09. The van der Waals surface area contributed by atoms with Crippen molar-refractivity contribution < 1.29 is 4.79 Å². The van der Waals surface area contributed by atoms with Gasteiger partial charge in [-0.1, -0.05) is 93.1 Å². The van der Waals surface area contributed by atoms with E-state index in [0.29, 0.717) is 0 Å². The molecule has 0 spiro atoms. The third kappa shape index (κ3) is 7.04. The number of halogens is 1. The van der Waals surface area contributed by atoms with Crippen LogP contribution in [0, 0.1) is 0 Å². The van der Waals surface area contributed by atoms with Crippen LogP contribution in [0.1, 0.15) is 72.9 Å². The Morgan fingerprint density at radius 2 is 1.24 bits per heavy atom. The third-order valence-corrected chi connectivity index (χ3v) is 4.89. The molecule has 2 rings (SSSR count). The number of benzene rings is 2. The molecule has 0 aliphatic heterocycles. The average molecular weight is 357 g/mol. The molecule has 1 nitrogen and oxygen atoms in total. The molecule has 0 radical (unpaired) electrons. The Hall–Kier alpha value is -1.60. The number of carbonyl (C=O) groups excluding carboxylic acids is 1. The van der Waals surface area contributed by atoms with E-state index in [1.807, 2.05) is 48.5 Å². The number of rotatable bonds is 12. The van der Waals surface area contributed by atoms with Crippen LogP contribution in [-0.2, 0) is 6.42 Å². The first-order valence-corrected chi connectivity index (χ1v) is 10.1. The number of unbranched alkanes of at least 4 members (excludes halogenated alkanes) is 7. The van der Waals surface area contributed by atoms with E-state index in [-0.39, 0.29) is 5.78 Å². The van der Waals surface area contributed by atoms with Gasteiger partial charge in [-0.15, -0.1) is 11.6 Å². The minimum absolute atomic E-state index is 0.135. The molecule has 0 saturated carbocycles. The standard InChI is InChI=1S/C23H29ClO/c24-19-13-6-4-2-1-3-5-8-14-20-15-11-12-18-22(20)23(25)21-16-9-7-10-17-21/h7,9-12,15-18H,1-6,8,13-14,19H2. The van der Waals surface area contributed by atoms with Crippen LogP contribution in [0.5, 0.6) is 0 Å². The van der Waals surface area contributed by atoms with Gasteiger partial charge in [-0.25, -0.2) is 0 Å². The Morgan fingerprint density at radius 1 is 0.680 bits per heavy atom. The van der Waals surface area contributed by atoms with Crippen LogP contribution in [-0.4, -0.2) is 11.7 Å². The number of hydrogen-bond donors (Lipinski definition) is 0. The number of hydrogen-bond acceptors (Lipinski definition) is 1. The second kappa shape index (κ2) is 11.9. The van der Waals surface area contributed by atoms with Crippen LogP contribution in [0.4, 0.5) is 0 Å². The maximum Gasteiger partial charge on any atom is 0.193 e. The molecule has 0 aliphatic rings. The molecule has 2 heteroatoms. The summed E-state index contributed by atoms with van der Waals surface area (Å²) in [7, 11) is 0. The normalized spacial score (nSPS) is 10.8. The van der Waals surface area contributed by atoms with Gasteiger partial charge in [0, 0.05) is 17.0 Å². The van der Waals surface area contributed by atoms with E-state index in [1.54, 1.807) is 0 Å². The summed E-state index contributed by atoms with van der Waals surface area (Å²) in [6.45, 7) is 0. The SMILES string of the molecule is O=C(c1ccccc1)c1ccccc1CCCCCCCCCCCl. The molecule has 0 amide bonds. The fourth-order valence-electron chi connectivity index (χ4n) is 3.18. The first-order valence-electron chi connectivity index (χ1n) is 9.56. The molecule has 25 heavy (non-hydrogen) atoms. The molecule has 2 aromatic carbocycles. The highest BCUT2D eigenvalue weighted by Gasteiger charge is 2.12. The van der Waals surface area contributed by atoms with Crippen molar-refractivity contribution in [2.45, 2.75) is 57.8 Å². The molecule has 2 aromatic rings. The topological polar surface area (TPSA) is 17.1 Å². The molecule has 0 atom stereocenters. The van der Waals surface area contributed by atoms with Crippen molar-refractivity contribution in [1.29, 1.82) is 0 Å². The predicted molar refractivity (Wildman–Crippen MR) is 108 cm³/mol. The van der Waals surface area contributed by atoms with E-state index in [0.717, 1.165) is 36.3 Å². The minimum Gasteiger partial charge on any atom is -0.289 e. The van der Waals surface area contributed by atoms with E-state index in [9.17, 15) is 4.79 Å². The largest absolute Gasteiger partial charge is 0.289 e. The summed E-state index contributed by atoms with van der Waals surface area (Å²) in [5.41, 5.74) is 2.81. The Morgan fingerprint density at radius 3 is 1.92 bits per heavy atom. The van der Waals surface area contributed by atoms with Crippen LogP contribution in [0.25, 0.3) is 0 Å². The molecule has 0 bridgehead atoms. The third-order valence-electron chi connectivity index (χ3n) is 4.63. The fourth-order valence-corrected chi connectivity index (χ4v) is 3.36. The summed E-state index contributed by atoms with van der Waals surface area (Å²) in [6, 6.07) is 17.6. The van der Waals surface area contributed by atoms with Crippen molar-refractivity contribution >= 4 is 17.4 Å². The van der Waals surface area contributed by atoms with E-state index in [2.05, 4.69) is 6.07 Å². The van der Waals surface area contributed by atoms with Gasteiger partial charge in [-0.2, -0.15) is 0 Å². The van der Waals surface area contributed by atoms with Crippen LogP contribution in [0.3, 0.4) is 0 Å². The molecule has 0 fully saturated rings. The molecule has 0 heterocycles. The van der Waals surface area contributed by atoms with E-state index < -0.39 is 0 Å². The Kier molecular flexibility index (Phi) is 9.36. The molecule has 0 unspecified atom stereocenters. The van der Waals surface area contributed by atoms with Crippen molar-refractivity contribution in [3.8, 4) is 0 Å². The van der Waals surface area contributed by atoms with Crippen molar-refractivity contribution in [2.24, 2.45) is 0 Å². The van der Waals surface area contributed by atoms with Gasteiger partial charge >= 0.3 is 0 Å². The van der Waals surface area contributed by atoms with Crippen LogP contribution < -0.4 is 0 Å². The lowest BCUT2D eigenvalue weighted by Crippen LogP contribution is -2.05. The predicted octanol–water partition coefficient (Wildman–Crippen LogP) is 6.82. The van der Waals surface area contributed by atoms with Crippen molar-refractivity contribution in [2.75, 3.05) is 5.88 Å². The van der Waals surface area contributed by atoms with Gasteiger partial charge in [0.05, 0.1) is 0 Å². The van der Waals surface area contributed by atoms with E-state index >= 15 is 0 Å². The Balaban J connectivity index is 1.76. The zero-order chi connectivity index (χ0) is 17.7. The van der Waals surface area contributed by atoms with Gasteiger partial charge in [0.25, 0.3) is 0 Å². The molecule has 0 aliphatic carbocycles. The van der Waals surface area contributed by atoms with Gasteiger partial charge in [0.1, 0.15) is 0 Å². The number of ketones is 1. The van der Waals surface area contributed by atoms with Crippen molar-refractivity contribution in [3.63, 3.8) is 0 Å². The second-order valence-corrected chi connectivity index (χ2v) is 7.00. The summed E-state index contributed by atoms with van der Waals surface area (Å²) in [6.07, 6.45) is 11.0. The van der Waals surface area contributed by atoms with Crippen molar-refractivity contribution in [1.82, 2.24) is 0 Å². The zero-order valence-corrected chi connectivity index (χ0v) is 15.8. The molecular weight excluding hydrogens is 328 g/mol. The highest BCUT2D eigenvalue weighted by molar-refractivity contribution is 6.17. The molecule has 0 aromatic heterocycles. The summed E-state index contributed by atoms with van der Waals surface area (Å²) < 4.78 is 0. The lowest BCUT2D eigenvalue weighted by atomic mass is 9.95. The Labute approximate surface area is 157 Å². The quantitative estimate of drug-likeness (QED) is 0.231. The lowest BCUT2D eigenvalue weighted by molar-refractivity contribution is 0.103. The van der Waals surface area contributed by atoms with E-state index in [4.69, 9.17) is 11.6 Å². The summed E-state index contributed by atoms with van der Waals surface area (Å²) >= 11 is 5.69. The highest BCUT2D eigenvalue weighted by atomic mass is 35.5. The first-order chi connectivity index (χ1) is 12.3. The van der Waals surface area contributed by atoms with Gasteiger partial charge in [0.2, 0.25) is 0 Å². The van der Waals surface area contributed by atoms with Gasteiger partial charge in [-0.05, 0) is 24.8 Å². The van der Waals surface area contributed by atoms with Crippen molar-refractivity contribution in [3.05, 3.63) is 71.3 Å². The maximum atomic E-state index is 12.7. The van der Waals surface area contributed by atoms with Gasteiger partial charge in [0.15, 0.2) is 5.78 Å². The van der Waals surface area contributed by atoms with E-state index in [1.165, 1.54) is 44.1 Å². The molecule has 0 N–H and O–H groups in total. The second-order valence-electron chi connectivity index (χ2n) is 6.62. The van der Waals surface area contributed by atoms with Crippen LogP contribution in [0.15, 0.2) is 54.6 Å². The summed E-state index contributed by atoms with van der Waals surface area (Å²) in [4.78, 5) is 12.7. The monoisotopic (exact) mass is 356 g/mol. The number of aryl methyl sites for hydroxylation is 1. The number of carbonyl (C=O) groups is 1.